The van der Waals surface area contributed by atoms with Crippen LogP contribution in [0.5, 0.6) is 0 Å². The van der Waals surface area contributed by atoms with Crippen LogP contribution >= 0.6 is 0 Å². The van der Waals surface area contributed by atoms with Crippen LogP contribution in [0.25, 0.3) is 10.9 Å². The van der Waals surface area contributed by atoms with Gasteiger partial charge in [-0.25, -0.2) is 0 Å². The van der Waals surface area contributed by atoms with Crippen molar-refractivity contribution in [1.29, 1.82) is 0 Å². The minimum atomic E-state index is 0.0205. The summed E-state index contributed by atoms with van der Waals surface area (Å²) in [5.41, 5.74) is 1.45. The summed E-state index contributed by atoms with van der Waals surface area (Å²) in [4.78, 5) is 19.4. The molecule has 1 aromatic carbocycles. The second-order valence-electron chi connectivity index (χ2n) is 6.88. The summed E-state index contributed by atoms with van der Waals surface area (Å²) >= 11 is 0. The van der Waals surface area contributed by atoms with E-state index in [-0.39, 0.29) is 17.7 Å². The van der Waals surface area contributed by atoms with E-state index in [1.54, 1.807) is 6.20 Å². The average Bonchev–Trinajstić information content (AvgIpc) is 3.30. The lowest BCUT2D eigenvalue weighted by Gasteiger charge is -2.31. The molecule has 0 saturated carbocycles. The van der Waals surface area contributed by atoms with Crippen molar-refractivity contribution >= 4 is 16.8 Å². The normalized spacial score (nSPS) is 18.2. The molecule has 0 bridgehead atoms. The van der Waals surface area contributed by atoms with E-state index in [4.69, 9.17) is 4.52 Å². The maximum atomic E-state index is 13.0. The second-order valence-corrected chi connectivity index (χ2v) is 6.88. The zero-order valence-corrected chi connectivity index (χ0v) is 14.4. The molecular weight excluding hydrogens is 318 g/mol. The van der Waals surface area contributed by atoms with E-state index in [9.17, 15) is 4.79 Å². The highest BCUT2D eigenvalue weighted by Crippen LogP contribution is 2.28. The van der Waals surface area contributed by atoms with E-state index in [1.165, 1.54) is 0 Å². The molecule has 25 heavy (non-hydrogen) atoms. The molecule has 1 fully saturated rings. The highest BCUT2D eigenvalue weighted by atomic mass is 16.5. The zero-order chi connectivity index (χ0) is 17.4. The molecule has 0 spiro atoms. The topological polar surface area (TPSA) is 87.9 Å². The molecule has 1 aliphatic heterocycles. The van der Waals surface area contributed by atoms with Gasteiger partial charge in [0, 0.05) is 30.3 Å². The summed E-state index contributed by atoms with van der Waals surface area (Å²) in [5, 5.41) is 12.0. The van der Waals surface area contributed by atoms with Crippen LogP contribution in [0.2, 0.25) is 0 Å². The van der Waals surface area contributed by atoms with Gasteiger partial charge in [-0.15, -0.1) is 0 Å². The Morgan fingerprint density at radius 1 is 1.40 bits per heavy atom. The number of likely N-dealkylation sites (tertiary alicyclic amines) is 1. The summed E-state index contributed by atoms with van der Waals surface area (Å²) in [7, 11) is 0. The molecule has 0 radical (unpaired) electrons. The molecule has 7 nitrogen and oxygen atoms in total. The maximum Gasteiger partial charge on any atom is 0.256 e. The van der Waals surface area contributed by atoms with Gasteiger partial charge in [-0.3, -0.25) is 9.89 Å². The van der Waals surface area contributed by atoms with Crippen molar-refractivity contribution in [3.8, 4) is 0 Å². The van der Waals surface area contributed by atoms with E-state index in [0.29, 0.717) is 23.8 Å². The van der Waals surface area contributed by atoms with Gasteiger partial charge in [0.05, 0.1) is 17.3 Å². The van der Waals surface area contributed by atoms with E-state index >= 15 is 0 Å². The molecule has 1 atom stereocenters. The number of para-hydroxylation sites is 1. The Kier molecular flexibility index (Phi) is 3.99. The number of rotatable bonds is 3. The summed E-state index contributed by atoms with van der Waals surface area (Å²) in [6, 6.07) is 5.68. The monoisotopic (exact) mass is 339 g/mol. The second kappa shape index (κ2) is 6.31. The highest BCUT2D eigenvalue weighted by Gasteiger charge is 2.29. The summed E-state index contributed by atoms with van der Waals surface area (Å²) < 4.78 is 5.33. The van der Waals surface area contributed by atoms with Crippen molar-refractivity contribution in [3.63, 3.8) is 0 Å². The van der Waals surface area contributed by atoms with E-state index in [0.717, 1.165) is 30.3 Å². The molecule has 130 valence electrons. The molecule has 3 heterocycles. The number of hydrogen-bond acceptors (Lipinski definition) is 5. The first-order chi connectivity index (χ1) is 12.1. The quantitative estimate of drug-likeness (QED) is 0.792. The van der Waals surface area contributed by atoms with Crippen molar-refractivity contribution in [1.82, 2.24) is 25.2 Å². The number of amides is 1. The first-order valence-electron chi connectivity index (χ1n) is 8.68. The molecule has 1 amide bonds. The molecule has 3 aromatic rings. The first-order valence-corrected chi connectivity index (χ1v) is 8.68. The number of carbonyl (C=O) groups excluding carboxylic acids is 1. The number of nitrogens with one attached hydrogen (secondary N) is 1. The van der Waals surface area contributed by atoms with Crippen LogP contribution in [0.15, 0.2) is 28.9 Å². The van der Waals surface area contributed by atoms with Gasteiger partial charge < -0.3 is 9.42 Å². The van der Waals surface area contributed by atoms with Crippen LogP contribution in [-0.4, -0.2) is 44.2 Å². The number of carbonyl (C=O) groups is 1. The number of H-pyrrole nitrogens is 1. The molecular formula is C18H21N5O2. The van der Waals surface area contributed by atoms with Crippen LogP contribution in [0, 0.1) is 0 Å². The number of fused-ring (bicyclic) bond motifs is 1. The van der Waals surface area contributed by atoms with E-state index in [2.05, 4.69) is 20.3 Å². The Bertz CT molecular complexity index is 898. The fourth-order valence-corrected chi connectivity index (χ4v) is 3.34. The standard InChI is InChI=1S/C18H21N5O2/c1-11(2)17-20-16(22-25-17)13-6-4-8-23(10-13)18(24)14-7-3-5-12-9-19-21-15(12)14/h3,5,7,9,11,13H,4,6,8,10H2,1-2H3,(H,19,21)/t13-/m0/s1. The molecule has 4 rings (SSSR count). The zero-order valence-electron chi connectivity index (χ0n) is 14.4. The van der Waals surface area contributed by atoms with Gasteiger partial charge in [0.2, 0.25) is 5.89 Å². The fraction of sp³-hybridized carbons (Fsp3) is 0.444. The Hall–Kier alpha value is -2.70. The number of benzene rings is 1. The van der Waals surface area contributed by atoms with Crippen LogP contribution in [-0.2, 0) is 0 Å². The maximum absolute atomic E-state index is 13.0. The number of piperidine rings is 1. The fourth-order valence-electron chi connectivity index (χ4n) is 3.34. The molecule has 1 aliphatic rings. The van der Waals surface area contributed by atoms with E-state index < -0.39 is 0 Å². The van der Waals surface area contributed by atoms with Gasteiger partial charge in [0.25, 0.3) is 5.91 Å². The third kappa shape index (κ3) is 2.90. The van der Waals surface area contributed by atoms with Gasteiger partial charge >= 0.3 is 0 Å². The van der Waals surface area contributed by atoms with Crippen LogP contribution < -0.4 is 0 Å². The summed E-state index contributed by atoms with van der Waals surface area (Å²) in [5.74, 6) is 1.71. The first kappa shape index (κ1) is 15.8. The summed E-state index contributed by atoms with van der Waals surface area (Å²) in [6.07, 6.45) is 3.63. The molecule has 1 N–H and O–H groups in total. The number of nitrogens with zero attached hydrogens (tertiary/aromatic N) is 4. The van der Waals surface area contributed by atoms with Gasteiger partial charge in [0.15, 0.2) is 5.82 Å². The van der Waals surface area contributed by atoms with Gasteiger partial charge in [-0.2, -0.15) is 10.1 Å². The third-order valence-corrected chi connectivity index (χ3v) is 4.73. The molecule has 2 aromatic heterocycles. The van der Waals surface area contributed by atoms with Crippen molar-refractivity contribution in [3.05, 3.63) is 41.7 Å². The molecule has 0 unspecified atom stereocenters. The van der Waals surface area contributed by atoms with Gasteiger partial charge in [-0.1, -0.05) is 31.1 Å². The lowest BCUT2D eigenvalue weighted by Crippen LogP contribution is -2.39. The Morgan fingerprint density at radius 2 is 2.28 bits per heavy atom. The molecule has 0 aliphatic carbocycles. The van der Waals surface area contributed by atoms with Crippen LogP contribution in [0.3, 0.4) is 0 Å². The smallest absolute Gasteiger partial charge is 0.256 e. The lowest BCUT2D eigenvalue weighted by atomic mass is 9.96. The number of aromatic amines is 1. The van der Waals surface area contributed by atoms with Crippen molar-refractivity contribution in [2.45, 2.75) is 38.5 Å². The molecule has 1 saturated heterocycles. The highest BCUT2D eigenvalue weighted by molar-refractivity contribution is 6.05. The Labute approximate surface area is 145 Å². The van der Waals surface area contributed by atoms with Gasteiger partial charge in [0.1, 0.15) is 0 Å². The predicted molar refractivity (Wildman–Crippen MR) is 92.4 cm³/mol. The Balaban J connectivity index is 1.56. The number of aromatic nitrogens is 4. The molecule has 7 heteroatoms. The number of hydrogen-bond donors (Lipinski definition) is 1. The SMILES string of the molecule is CC(C)c1nc([C@H]2CCCN(C(=O)c3cccc4cn[nH]c34)C2)no1. The third-order valence-electron chi connectivity index (χ3n) is 4.73. The Morgan fingerprint density at radius 3 is 3.08 bits per heavy atom. The van der Waals surface area contributed by atoms with E-state index in [1.807, 2.05) is 36.9 Å². The largest absolute Gasteiger partial charge is 0.339 e. The van der Waals surface area contributed by atoms with Crippen molar-refractivity contribution < 1.29 is 9.32 Å². The summed E-state index contributed by atoms with van der Waals surface area (Å²) in [6.45, 7) is 5.41. The van der Waals surface area contributed by atoms with Crippen LogP contribution in [0.1, 0.15) is 60.6 Å². The van der Waals surface area contributed by atoms with Gasteiger partial charge in [-0.05, 0) is 18.9 Å². The minimum absolute atomic E-state index is 0.0205. The lowest BCUT2D eigenvalue weighted by molar-refractivity contribution is 0.0705. The van der Waals surface area contributed by atoms with Crippen molar-refractivity contribution in [2.24, 2.45) is 0 Å². The minimum Gasteiger partial charge on any atom is -0.339 e. The van der Waals surface area contributed by atoms with Crippen molar-refractivity contribution in [2.75, 3.05) is 13.1 Å². The average molecular weight is 339 g/mol. The predicted octanol–water partition coefficient (Wildman–Crippen LogP) is 3.09. The van der Waals surface area contributed by atoms with Crippen LogP contribution in [0.4, 0.5) is 0 Å².